The van der Waals surface area contributed by atoms with Crippen molar-refractivity contribution in [2.75, 3.05) is 39.8 Å². The Morgan fingerprint density at radius 1 is 0.868 bits per heavy atom. The molecule has 1 N–H and O–H groups in total. The maximum Gasteiger partial charge on any atom is 0.309 e. The molecule has 2 aromatic rings. The number of likely N-dealkylation sites (tertiary alicyclic amines) is 1. The Morgan fingerprint density at radius 3 is 2.00 bits per heavy atom. The lowest BCUT2D eigenvalue weighted by molar-refractivity contribution is -0.144. The summed E-state index contributed by atoms with van der Waals surface area (Å²) in [6, 6.07) is 10.7. The normalized spacial score (nSPS) is 21.6. The fourth-order valence-electron chi connectivity index (χ4n) is 5.70. The van der Waals surface area contributed by atoms with Gasteiger partial charge >= 0.3 is 5.97 Å². The van der Waals surface area contributed by atoms with Crippen molar-refractivity contribution in [3.05, 3.63) is 47.5 Å². The molecule has 204 valence electrons. The molecular formula is C29H36N2O7. The molecule has 2 aromatic carbocycles. The minimum Gasteiger partial charge on any atom is -0.481 e. The first-order chi connectivity index (χ1) is 18.5. The summed E-state index contributed by atoms with van der Waals surface area (Å²) >= 11 is 0. The van der Waals surface area contributed by atoms with E-state index in [1.54, 1.807) is 0 Å². The Bertz CT molecular complexity index is 1160. The summed E-state index contributed by atoms with van der Waals surface area (Å²) in [5.41, 5.74) is 1.66. The summed E-state index contributed by atoms with van der Waals surface area (Å²) in [6.45, 7) is 6.53. The molecule has 3 atom stereocenters. The van der Waals surface area contributed by atoms with Gasteiger partial charge in [-0.1, -0.05) is 38.8 Å². The average molecular weight is 525 g/mol. The van der Waals surface area contributed by atoms with Gasteiger partial charge in [0.2, 0.25) is 19.5 Å². The first kappa shape index (κ1) is 26.2. The van der Waals surface area contributed by atoms with Crippen LogP contribution in [-0.4, -0.2) is 66.5 Å². The molecule has 0 saturated carbocycles. The third-order valence-corrected chi connectivity index (χ3v) is 7.70. The molecule has 0 unspecified atom stereocenters. The number of carboxylic acids is 1. The molecule has 0 bridgehead atoms. The van der Waals surface area contributed by atoms with E-state index in [1.807, 2.05) is 46.2 Å². The van der Waals surface area contributed by atoms with Crippen LogP contribution in [0.4, 0.5) is 0 Å². The number of nitrogens with zero attached hydrogens (tertiary/aromatic N) is 2. The van der Waals surface area contributed by atoms with Gasteiger partial charge < -0.3 is 29.0 Å². The topological polar surface area (TPSA) is 97.8 Å². The van der Waals surface area contributed by atoms with Gasteiger partial charge in [0, 0.05) is 31.6 Å². The lowest BCUT2D eigenvalue weighted by Gasteiger charge is -2.30. The van der Waals surface area contributed by atoms with Crippen LogP contribution in [0.2, 0.25) is 0 Å². The van der Waals surface area contributed by atoms with Crippen molar-refractivity contribution >= 4 is 11.9 Å². The van der Waals surface area contributed by atoms with Gasteiger partial charge in [0.05, 0.1) is 12.5 Å². The number of hydrogen-bond donors (Lipinski definition) is 1. The molecule has 3 aliphatic heterocycles. The number of fused-ring (bicyclic) bond motifs is 2. The molecule has 0 spiro atoms. The number of amides is 1. The molecule has 3 aliphatic rings. The third-order valence-electron chi connectivity index (χ3n) is 7.70. The van der Waals surface area contributed by atoms with E-state index in [9.17, 15) is 14.7 Å². The van der Waals surface area contributed by atoms with Crippen LogP contribution >= 0.6 is 0 Å². The first-order valence-corrected chi connectivity index (χ1v) is 13.5. The van der Waals surface area contributed by atoms with Crippen molar-refractivity contribution in [1.29, 1.82) is 0 Å². The zero-order valence-corrected chi connectivity index (χ0v) is 22.1. The Balaban J connectivity index is 1.49. The van der Waals surface area contributed by atoms with Crippen LogP contribution in [0.15, 0.2) is 36.4 Å². The number of carbonyl (C=O) groups excluding carboxylic acids is 1. The average Bonchev–Trinajstić information content (AvgIpc) is 3.65. The SMILES string of the molecule is CCCCN(CCCC)C(=O)CN1C[C@H](c2ccc3c(c2)OCO3)[C@H](C(=O)O)[C@H]1c1ccc2c(c1)OCO2. The third kappa shape index (κ3) is 5.25. The van der Waals surface area contributed by atoms with Gasteiger partial charge in [-0.2, -0.15) is 0 Å². The minimum absolute atomic E-state index is 0.0353. The quantitative estimate of drug-likeness (QED) is 0.462. The highest BCUT2D eigenvalue weighted by molar-refractivity contribution is 5.79. The van der Waals surface area contributed by atoms with Gasteiger partial charge in [-0.15, -0.1) is 0 Å². The zero-order chi connectivity index (χ0) is 26.6. The van der Waals surface area contributed by atoms with Gasteiger partial charge in [-0.3, -0.25) is 14.5 Å². The molecule has 38 heavy (non-hydrogen) atoms. The summed E-state index contributed by atoms with van der Waals surface area (Å²) in [5.74, 6) is 0.517. The van der Waals surface area contributed by atoms with Crippen molar-refractivity contribution in [2.24, 2.45) is 5.92 Å². The summed E-state index contributed by atoms with van der Waals surface area (Å²) < 4.78 is 22.1. The van der Waals surface area contributed by atoms with Gasteiger partial charge in [0.15, 0.2) is 23.0 Å². The fourth-order valence-corrected chi connectivity index (χ4v) is 5.70. The molecule has 0 aromatic heterocycles. The molecule has 3 heterocycles. The standard InChI is InChI=1S/C29H36N2O7/c1-3-5-11-30(12-6-4-2)26(32)16-31-15-21(19-7-9-22-24(13-19)37-17-35-22)27(29(33)34)28(31)20-8-10-23-25(14-20)38-18-36-23/h7-10,13-14,21,27-28H,3-6,11-12,15-18H2,1-2H3,(H,33,34)/t21-,27+,28-/m1/s1. The number of aliphatic carboxylic acids is 1. The molecule has 1 amide bonds. The van der Waals surface area contributed by atoms with E-state index in [0.29, 0.717) is 42.6 Å². The summed E-state index contributed by atoms with van der Waals surface area (Å²) in [7, 11) is 0. The van der Waals surface area contributed by atoms with Gasteiger partial charge in [-0.05, 0) is 48.2 Å². The van der Waals surface area contributed by atoms with E-state index in [0.717, 1.165) is 36.8 Å². The van der Waals surface area contributed by atoms with Gasteiger partial charge in [-0.25, -0.2) is 0 Å². The van der Waals surface area contributed by atoms with E-state index in [1.165, 1.54) is 0 Å². The number of unbranched alkanes of at least 4 members (excludes halogenated alkanes) is 2. The Kier molecular flexibility index (Phi) is 7.93. The highest BCUT2D eigenvalue weighted by Gasteiger charge is 2.48. The van der Waals surface area contributed by atoms with E-state index in [2.05, 4.69) is 13.8 Å². The van der Waals surface area contributed by atoms with Gasteiger partial charge in [0.1, 0.15) is 0 Å². The Morgan fingerprint density at radius 2 is 1.42 bits per heavy atom. The van der Waals surface area contributed by atoms with E-state index in [-0.39, 0.29) is 32.0 Å². The van der Waals surface area contributed by atoms with Crippen LogP contribution in [-0.2, 0) is 9.59 Å². The largest absolute Gasteiger partial charge is 0.481 e. The Labute approximate surface area is 223 Å². The number of carboxylic acid groups (broad SMARTS) is 1. The molecule has 0 aliphatic carbocycles. The first-order valence-electron chi connectivity index (χ1n) is 13.5. The lowest BCUT2D eigenvalue weighted by Crippen LogP contribution is -2.42. The van der Waals surface area contributed by atoms with Crippen molar-refractivity contribution in [3.8, 4) is 23.0 Å². The molecule has 0 radical (unpaired) electrons. The second-order valence-corrected chi connectivity index (χ2v) is 10.2. The molecular weight excluding hydrogens is 488 g/mol. The fraction of sp³-hybridized carbons (Fsp3) is 0.517. The molecule has 1 fully saturated rings. The Hall–Kier alpha value is -3.46. The summed E-state index contributed by atoms with van der Waals surface area (Å²) in [5, 5.41) is 10.5. The van der Waals surface area contributed by atoms with Crippen molar-refractivity contribution in [3.63, 3.8) is 0 Å². The van der Waals surface area contributed by atoms with Crippen LogP contribution in [0, 0.1) is 5.92 Å². The maximum atomic E-state index is 13.6. The van der Waals surface area contributed by atoms with Gasteiger partial charge in [0.25, 0.3) is 0 Å². The number of benzene rings is 2. The maximum absolute atomic E-state index is 13.6. The monoisotopic (exact) mass is 524 g/mol. The highest BCUT2D eigenvalue weighted by atomic mass is 16.7. The molecule has 9 heteroatoms. The van der Waals surface area contributed by atoms with Crippen LogP contribution < -0.4 is 18.9 Å². The van der Waals surface area contributed by atoms with Crippen molar-refractivity contribution in [2.45, 2.75) is 51.5 Å². The van der Waals surface area contributed by atoms with E-state index < -0.39 is 17.9 Å². The number of rotatable bonds is 11. The molecule has 5 rings (SSSR count). The molecule has 1 saturated heterocycles. The second kappa shape index (κ2) is 11.5. The van der Waals surface area contributed by atoms with Crippen molar-refractivity contribution in [1.82, 2.24) is 9.80 Å². The van der Waals surface area contributed by atoms with E-state index in [4.69, 9.17) is 18.9 Å². The van der Waals surface area contributed by atoms with Crippen molar-refractivity contribution < 1.29 is 33.6 Å². The van der Waals surface area contributed by atoms with Crippen LogP contribution in [0.5, 0.6) is 23.0 Å². The van der Waals surface area contributed by atoms with Crippen LogP contribution in [0.1, 0.15) is 62.6 Å². The predicted molar refractivity (Wildman–Crippen MR) is 140 cm³/mol. The molecule has 9 nitrogen and oxygen atoms in total. The zero-order valence-electron chi connectivity index (χ0n) is 22.1. The predicted octanol–water partition coefficient (Wildman–Crippen LogP) is 4.41. The smallest absolute Gasteiger partial charge is 0.309 e. The second-order valence-electron chi connectivity index (χ2n) is 10.2. The summed E-state index contributed by atoms with van der Waals surface area (Å²) in [4.78, 5) is 30.4. The number of carbonyl (C=O) groups is 2. The number of ether oxygens (including phenoxy) is 4. The van der Waals surface area contributed by atoms with Crippen LogP contribution in [0.3, 0.4) is 0 Å². The summed E-state index contributed by atoms with van der Waals surface area (Å²) in [6.07, 6.45) is 3.90. The number of hydrogen-bond acceptors (Lipinski definition) is 7. The van der Waals surface area contributed by atoms with Crippen LogP contribution in [0.25, 0.3) is 0 Å². The lowest BCUT2D eigenvalue weighted by atomic mass is 9.82. The van der Waals surface area contributed by atoms with E-state index >= 15 is 0 Å². The highest BCUT2D eigenvalue weighted by Crippen LogP contribution is 2.49. The minimum atomic E-state index is -0.904.